The van der Waals surface area contributed by atoms with E-state index >= 15 is 0 Å². The summed E-state index contributed by atoms with van der Waals surface area (Å²) in [5, 5.41) is 1.04. The molecule has 0 radical (unpaired) electrons. The van der Waals surface area contributed by atoms with Crippen LogP contribution in [0.25, 0.3) is 22.3 Å². The first-order chi connectivity index (χ1) is 11.7. The number of hydrogen-bond donors (Lipinski definition) is 0. The highest BCUT2D eigenvalue weighted by atomic mass is 16.1. The second-order valence-electron chi connectivity index (χ2n) is 6.28. The Morgan fingerprint density at radius 3 is 2.38 bits per heavy atom. The molecule has 4 rings (SSSR count). The maximum atomic E-state index is 11.6. The molecule has 0 amide bonds. The normalized spacial score (nSPS) is 15.0. The number of aromatic nitrogens is 2. The van der Waals surface area contributed by atoms with Gasteiger partial charge in [0.25, 0.3) is 0 Å². The average molecular weight is 317 g/mol. The smallest absolute Gasteiger partial charge is 0.162 e. The monoisotopic (exact) mass is 317 g/mol. The number of anilines is 1. The van der Waals surface area contributed by atoms with Crippen LogP contribution >= 0.6 is 0 Å². The van der Waals surface area contributed by atoms with E-state index in [1.54, 1.807) is 0 Å². The van der Waals surface area contributed by atoms with E-state index in [4.69, 9.17) is 9.97 Å². The van der Waals surface area contributed by atoms with Gasteiger partial charge in [-0.05, 0) is 19.1 Å². The third kappa shape index (κ3) is 2.75. The average Bonchev–Trinajstić information content (AvgIpc) is 2.62. The number of para-hydroxylation sites is 1. The van der Waals surface area contributed by atoms with Gasteiger partial charge in [-0.2, -0.15) is 0 Å². The number of Topliss-reactive ketones (excluding diaryl/α,β-unsaturated/α-hetero) is 1. The number of fused-ring (bicyclic) bond motifs is 1. The number of carbonyl (C=O) groups excluding carboxylic acids is 1. The lowest BCUT2D eigenvalue weighted by molar-refractivity contribution is -0.119. The highest BCUT2D eigenvalue weighted by Gasteiger charge is 2.20. The van der Waals surface area contributed by atoms with Crippen molar-refractivity contribution >= 4 is 22.5 Å². The highest BCUT2D eigenvalue weighted by Crippen LogP contribution is 2.29. The van der Waals surface area contributed by atoms with Crippen LogP contribution in [0.1, 0.15) is 18.4 Å². The Hall–Kier alpha value is -2.75. The lowest BCUT2D eigenvalue weighted by Crippen LogP contribution is -2.34. The van der Waals surface area contributed by atoms with Gasteiger partial charge in [-0.25, -0.2) is 9.97 Å². The molecule has 0 N–H and O–H groups in total. The van der Waals surface area contributed by atoms with Gasteiger partial charge >= 0.3 is 0 Å². The maximum absolute atomic E-state index is 11.6. The summed E-state index contributed by atoms with van der Waals surface area (Å²) >= 11 is 0. The van der Waals surface area contributed by atoms with Gasteiger partial charge in [-0.3, -0.25) is 4.79 Å². The standard InChI is InChI=1S/C20H19N3O/c1-14-6-8-15(9-7-14)19-21-18-5-3-2-4-17(18)20(22-19)23-12-10-16(24)11-13-23/h2-9H,10-13H2,1H3. The number of rotatable bonds is 2. The third-order valence-electron chi connectivity index (χ3n) is 4.51. The largest absolute Gasteiger partial charge is 0.355 e. The van der Waals surface area contributed by atoms with Crippen LogP contribution < -0.4 is 4.90 Å². The van der Waals surface area contributed by atoms with Crippen LogP contribution in [0.5, 0.6) is 0 Å². The summed E-state index contributed by atoms with van der Waals surface area (Å²) in [5.41, 5.74) is 3.17. The molecular weight excluding hydrogens is 298 g/mol. The van der Waals surface area contributed by atoms with Gasteiger partial charge in [0, 0.05) is 36.9 Å². The highest BCUT2D eigenvalue weighted by molar-refractivity contribution is 5.92. The van der Waals surface area contributed by atoms with E-state index in [2.05, 4.69) is 42.2 Å². The third-order valence-corrected chi connectivity index (χ3v) is 4.51. The Morgan fingerprint density at radius 1 is 0.917 bits per heavy atom. The Bertz CT molecular complexity index is 892. The second-order valence-corrected chi connectivity index (χ2v) is 6.28. The molecule has 1 aliphatic rings. The summed E-state index contributed by atoms with van der Waals surface area (Å²) < 4.78 is 0. The molecule has 24 heavy (non-hydrogen) atoms. The first kappa shape index (κ1) is 14.8. The van der Waals surface area contributed by atoms with Crippen molar-refractivity contribution in [1.29, 1.82) is 0 Å². The Morgan fingerprint density at radius 2 is 1.62 bits per heavy atom. The van der Waals surface area contributed by atoms with Crippen LogP contribution in [0.15, 0.2) is 48.5 Å². The van der Waals surface area contributed by atoms with Crippen LogP contribution in [0.4, 0.5) is 5.82 Å². The van der Waals surface area contributed by atoms with Gasteiger partial charge in [0.05, 0.1) is 5.52 Å². The summed E-state index contributed by atoms with van der Waals surface area (Å²) in [6, 6.07) is 16.4. The lowest BCUT2D eigenvalue weighted by Gasteiger charge is -2.28. The van der Waals surface area contributed by atoms with Crippen LogP contribution in [0.2, 0.25) is 0 Å². The molecule has 2 aromatic carbocycles. The van der Waals surface area contributed by atoms with Gasteiger partial charge in [0.2, 0.25) is 0 Å². The minimum atomic E-state index is 0.336. The predicted octanol–water partition coefficient (Wildman–Crippen LogP) is 3.77. The van der Waals surface area contributed by atoms with Crippen LogP contribution in [-0.4, -0.2) is 28.8 Å². The number of ketones is 1. The minimum absolute atomic E-state index is 0.336. The Labute approximate surface area is 141 Å². The zero-order chi connectivity index (χ0) is 16.5. The SMILES string of the molecule is Cc1ccc(-c2nc(N3CCC(=O)CC3)c3ccccc3n2)cc1. The van der Waals surface area contributed by atoms with E-state index in [1.165, 1.54) is 5.56 Å². The molecule has 3 aromatic rings. The predicted molar refractivity (Wildman–Crippen MR) is 96.2 cm³/mol. The molecule has 0 unspecified atom stereocenters. The minimum Gasteiger partial charge on any atom is -0.355 e. The molecule has 1 aliphatic heterocycles. The number of carbonyl (C=O) groups is 1. The molecule has 1 fully saturated rings. The number of benzene rings is 2. The molecule has 120 valence electrons. The van der Waals surface area contributed by atoms with Gasteiger partial charge < -0.3 is 4.90 Å². The van der Waals surface area contributed by atoms with Crippen molar-refractivity contribution in [3.63, 3.8) is 0 Å². The summed E-state index contributed by atoms with van der Waals surface area (Å²) in [6.07, 6.45) is 1.19. The summed E-state index contributed by atoms with van der Waals surface area (Å²) in [7, 11) is 0. The summed E-state index contributed by atoms with van der Waals surface area (Å²) in [5.74, 6) is 2.01. The number of aryl methyl sites for hydroxylation is 1. The molecule has 4 nitrogen and oxygen atoms in total. The van der Waals surface area contributed by atoms with Crippen molar-refractivity contribution in [3.8, 4) is 11.4 Å². The molecule has 2 heterocycles. The van der Waals surface area contributed by atoms with Crippen LogP contribution in [0, 0.1) is 6.92 Å². The van der Waals surface area contributed by atoms with Crippen LogP contribution in [-0.2, 0) is 4.79 Å². The molecule has 0 saturated carbocycles. The number of hydrogen-bond acceptors (Lipinski definition) is 4. The van der Waals surface area contributed by atoms with Gasteiger partial charge in [-0.15, -0.1) is 0 Å². The van der Waals surface area contributed by atoms with Gasteiger partial charge in [0.1, 0.15) is 11.6 Å². The molecule has 0 bridgehead atoms. The van der Waals surface area contributed by atoms with Crippen LogP contribution in [0.3, 0.4) is 0 Å². The fourth-order valence-electron chi connectivity index (χ4n) is 3.10. The molecule has 1 saturated heterocycles. The zero-order valence-electron chi connectivity index (χ0n) is 13.7. The van der Waals surface area contributed by atoms with Crippen molar-refractivity contribution in [3.05, 3.63) is 54.1 Å². The first-order valence-corrected chi connectivity index (χ1v) is 8.31. The Kier molecular flexibility index (Phi) is 3.73. The van der Waals surface area contributed by atoms with Crippen molar-refractivity contribution in [2.75, 3.05) is 18.0 Å². The van der Waals surface area contributed by atoms with Crippen molar-refractivity contribution in [1.82, 2.24) is 9.97 Å². The fourth-order valence-corrected chi connectivity index (χ4v) is 3.10. The van der Waals surface area contributed by atoms with E-state index in [9.17, 15) is 4.79 Å². The van der Waals surface area contributed by atoms with E-state index in [0.29, 0.717) is 18.6 Å². The topological polar surface area (TPSA) is 46.1 Å². The molecule has 4 heteroatoms. The van der Waals surface area contributed by atoms with Crippen molar-refractivity contribution in [2.24, 2.45) is 0 Å². The second kappa shape index (κ2) is 6.04. The van der Waals surface area contributed by atoms with E-state index in [1.807, 2.05) is 18.2 Å². The zero-order valence-corrected chi connectivity index (χ0v) is 13.7. The molecule has 0 spiro atoms. The van der Waals surface area contributed by atoms with Gasteiger partial charge in [-0.1, -0.05) is 42.0 Å². The molecule has 0 aliphatic carbocycles. The van der Waals surface area contributed by atoms with Crippen molar-refractivity contribution < 1.29 is 4.79 Å². The molecule has 1 aromatic heterocycles. The lowest BCUT2D eigenvalue weighted by atomic mass is 10.1. The fraction of sp³-hybridized carbons (Fsp3) is 0.250. The van der Waals surface area contributed by atoms with Crippen molar-refractivity contribution in [2.45, 2.75) is 19.8 Å². The van der Waals surface area contributed by atoms with E-state index < -0.39 is 0 Å². The quantitative estimate of drug-likeness (QED) is 0.722. The van der Waals surface area contributed by atoms with Gasteiger partial charge in [0.15, 0.2) is 5.82 Å². The maximum Gasteiger partial charge on any atom is 0.162 e. The van der Waals surface area contributed by atoms with E-state index in [-0.39, 0.29) is 0 Å². The first-order valence-electron chi connectivity index (χ1n) is 8.31. The molecular formula is C20H19N3O. The molecule has 0 atom stereocenters. The summed E-state index contributed by atoms with van der Waals surface area (Å²) in [6.45, 7) is 3.53. The number of nitrogens with zero attached hydrogens (tertiary/aromatic N) is 3. The summed E-state index contributed by atoms with van der Waals surface area (Å²) in [4.78, 5) is 23.4. The number of piperidine rings is 1. The van der Waals surface area contributed by atoms with E-state index in [0.717, 1.165) is 41.2 Å². The Balaban J connectivity index is 1.84.